The third kappa shape index (κ3) is 4.91. The van der Waals surface area contributed by atoms with Crippen LogP contribution in [0.5, 0.6) is 0 Å². The lowest BCUT2D eigenvalue weighted by molar-refractivity contribution is -0.146. The molecule has 140 valence electrons. The number of carbonyl (C=O) groups excluding carboxylic acids is 2. The Labute approximate surface area is 157 Å². The van der Waals surface area contributed by atoms with Gasteiger partial charge >= 0.3 is 5.97 Å². The second kappa shape index (κ2) is 8.44. The van der Waals surface area contributed by atoms with Crippen LogP contribution >= 0.6 is 0 Å². The summed E-state index contributed by atoms with van der Waals surface area (Å²) in [6, 6.07) is 14.7. The van der Waals surface area contributed by atoms with Crippen LogP contribution in [-0.4, -0.2) is 50.8 Å². The highest BCUT2D eigenvalue weighted by molar-refractivity contribution is 5.90. The van der Waals surface area contributed by atoms with Crippen LogP contribution < -0.4 is 0 Å². The van der Waals surface area contributed by atoms with Crippen molar-refractivity contribution >= 4 is 17.8 Å². The van der Waals surface area contributed by atoms with E-state index in [1.165, 1.54) is 4.90 Å². The van der Waals surface area contributed by atoms with Crippen LogP contribution in [0.4, 0.5) is 0 Å². The standard InChI is InChI=1S/C20H21N3O4/c24-18-10-16(12-22(18)13-17-8-4-5-9-21-17)20(27)23(14-19(25)26)11-15-6-2-1-3-7-15/h1-9,16H,10-14H2,(H,25,26). The monoisotopic (exact) mass is 367 g/mol. The summed E-state index contributed by atoms with van der Waals surface area (Å²) in [5.41, 5.74) is 1.60. The Kier molecular flexibility index (Phi) is 5.80. The summed E-state index contributed by atoms with van der Waals surface area (Å²) in [5, 5.41) is 9.17. The molecule has 27 heavy (non-hydrogen) atoms. The lowest BCUT2D eigenvalue weighted by Crippen LogP contribution is -2.40. The van der Waals surface area contributed by atoms with Gasteiger partial charge in [-0.1, -0.05) is 36.4 Å². The van der Waals surface area contributed by atoms with Gasteiger partial charge in [0.05, 0.1) is 18.2 Å². The number of carboxylic acid groups (broad SMARTS) is 1. The Balaban J connectivity index is 1.68. The van der Waals surface area contributed by atoms with Gasteiger partial charge in [-0.3, -0.25) is 19.4 Å². The highest BCUT2D eigenvalue weighted by Gasteiger charge is 2.37. The van der Waals surface area contributed by atoms with Crippen LogP contribution in [0.1, 0.15) is 17.7 Å². The molecule has 0 aliphatic carbocycles. The van der Waals surface area contributed by atoms with Gasteiger partial charge in [0.2, 0.25) is 11.8 Å². The number of hydrogen-bond acceptors (Lipinski definition) is 4. The minimum Gasteiger partial charge on any atom is -0.480 e. The normalized spacial score (nSPS) is 16.4. The molecule has 0 saturated carbocycles. The SMILES string of the molecule is O=C(O)CN(Cc1ccccc1)C(=O)C1CC(=O)N(Cc2ccccn2)C1. The van der Waals surface area contributed by atoms with Gasteiger partial charge in [0.15, 0.2) is 0 Å². The Morgan fingerprint density at radius 3 is 2.56 bits per heavy atom. The largest absolute Gasteiger partial charge is 0.480 e. The molecular weight excluding hydrogens is 346 g/mol. The lowest BCUT2D eigenvalue weighted by Gasteiger charge is -2.24. The smallest absolute Gasteiger partial charge is 0.323 e. The molecule has 1 fully saturated rings. The van der Waals surface area contributed by atoms with Crippen LogP contribution in [0, 0.1) is 5.92 Å². The maximum Gasteiger partial charge on any atom is 0.323 e. The second-order valence-corrected chi connectivity index (χ2v) is 6.57. The molecule has 2 amide bonds. The molecule has 1 aliphatic heterocycles. The van der Waals surface area contributed by atoms with E-state index in [0.717, 1.165) is 11.3 Å². The van der Waals surface area contributed by atoms with E-state index in [1.54, 1.807) is 17.2 Å². The van der Waals surface area contributed by atoms with Crippen LogP contribution in [0.3, 0.4) is 0 Å². The van der Waals surface area contributed by atoms with Gasteiger partial charge in [0.1, 0.15) is 6.54 Å². The summed E-state index contributed by atoms with van der Waals surface area (Å²) >= 11 is 0. The van der Waals surface area contributed by atoms with Gasteiger partial charge in [0.25, 0.3) is 0 Å². The number of rotatable bonds is 7. The number of carbonyl (C=O) groups is 3. The Morgan fingerprint density at radius 1 is 1.15 bits per heavy atom. The van der Waals surface area contributed by atoms with E-state index in [1.807, 2.05) is 42.5 Å². The number of likely N-dealkylation sites (tertiary alicyclic amines) is 1. The third-order valence-electron chi connectivity index (χ3n) is 4.50. The molecule has 7 heteroatoms. The number of aliphatic carboxylic acids is 1. The van der Waals surface area contributed by atoms with Gasteiger partial charge in [-0.15, -0.1) is 0 Å². The predicted octanol–water partition coefficient (Wildman–Crippen LogP) is 1.54. The fraction of sp³-hybridized carbons (Fsp3) is 0.300. The van der Waals surface area contributed by atoms with Gasteiger partial charge < -0.3 is 14.9 Å². The first-order valence-electron chi connectivity index (χ1n) is 8.75. The van der Waals surface area contributed by atoms with Crippen LogP contribution in [0.25, 0.3) is 0 Å². The Bertz CT molecular complexity index is 810. The average molecular weight is 367 g/mol. The van der Waals surface area contributed by atoms with Crippen molar-refractivity contribution in [1.29, 1.82) is 0 Å². The zero-order chi connectivity index (χ0) is 19.2. The summed E-state index contributed by atoms with van der Waals surface area (Å²) in [6.45, 7) is 0.440. The maximum absolute atomic E-state index is 12.9. The molecule has 1 aromatic carbocycles. The second-order valence-electron chi connectivity index (χ2n) is 6.57. The lowest BCUT2D eigenvalue weighted by atomic mass is 10.1. The molecule has 2 aromatic rings. The number of amides is 2. The molecule has 7 nitrogen and oxygen atoms in total. The molecule has 1 aliphatic rings. The molecule has 0 spiro atoms. The van der Waals surface area contributed by atoms with Crippen molar-refractivity contribution in [1.82, 2.24) is 14.8 Å². The molecule has 1 atom stereocenters. The van der Waals surface area contributed by atoms with Crippen molar-refractivity contribution in [3.05, 3.63) is 66.0 Å². The van der Waals surface area contributed by atoms with Gasteiger partial charge in [-0.2, -0.15) is 0 Å². The third-order valence-corrected chi connectivity index (χ3v) is 4.50. The maximum atomic E-state index is 12.9. The van der Waals surface area contributed by atoms with Crippen molar-refractivity contribution in [2.75, 3.05) is 13.1 Å². The van der Waals surface area contributed by atoms with Crippen LogP contribution in [0.15, 0.2) is 54.7 Å². The molecule has 0 radical (unpaired) electrons. The molecule has 1 saturated heterocycles. The first-order valence-corrected chi connectivity index (χ1v) is 8.75. The topological polar surface area (TPSA) is 90.8 Å². The Morgan fingerprint density at radius 2 is 1.89 bits per heavy atom. The number of hydrogen-bond donors (Lipinski definition) is 1. The van der Waals surface area contributed by atoms with Crippen LogP contribution in [-0.2, 0) is 27.5 Å². The van der Waals surface area contributed by atoms with Gasteiger partial charge in [-0.25, -0.2) is 0 Å². The molecule has 1 unspecified atom stereocenters. The van der Waals surface area contributed by atoms with E-state index in [0.29, 0.717) is 6.54 Å². The van der Waals surface area contributed by atoms with Crippen molar-refractivity contribution in [3.63, 3.8) is 0 Å². The Hall–Kier alpha value is -3.22. The molecule has 0 bridgehead atoms. The van der Waals surface area contributed by atoms with E-state index in [-0.39, 0.29) is 31.3 Å². The number of benzene rings is 1. The molecular formula is C20H21N3O4. The van der Waals surface area contributed by atoms with Crippen LogP contribution in [0.2, 0.25) is 0 Å². The average Bonchev–Trinajstić information content (AvgIpc) is 3.02. The first kappa shape index (κ1) is 18.6. The molecule has 2 heterocycles. The van der Waals surface area contributed by atoms with Crippen molar-refractivity contribution in [2.45, 2.75) is 19.5 Å². The molecule has 1 N–H and O–H groups in total. The first-order chi connectivity index (χ1) is 13.0. The van der Waals surface area contributed by atoms with E-state index in [4.69, 9.17) is 0 Å². The molecule has 1 aromatic heterocycles. The minimum atomic E-state index is -1.08. The van der Waals surface area contributed by atoms with Gasteiger partial charge in [0, 0.05) is 25.7 Å². The van der Waals surface area contributed by atoms with Crippen molar-refractivity contribution < 1.29 is 19.5 Å². The summed E-state index contributed by atoms with van der Waals surface area (Å²) in [5.74, 6) is -2.04. The summed E-state index contributed by atoms with van der Waals surface area (Å²) in [4.78, 5) is 43.5. The molecule has 3 rings (SSSR count). The van der Waals surface area contributed by atoms with E-state index < -0.39 is 18.4 Å². The van der Waals surface area contributed by atoms with Gasteiger partial charge in [-0.05, 0) is 17.7 Å². The summed E-state index contributed by atoms with van der Waals surface area (Å²) < 4.78 is 0. The number of nitrogens with zero attached hydrogens (tertiary/aromatic N) is 3. The zero-order valence-corrected chi connectivity index (χ0v) is 14.8. The fourth-order valence-electron chi connectivity index (χ4n) is 3.21. The van der Waals surface area contributed by atoms with E-state index in [9.17, 15) is 19.5 Å². The highest BCUT2D eigenvalue weighted by atomic mass is 16.4. The summed E-state index contributed by atoms with van der Waals surface area (Å²) in [6.07, 6.45) is 1.75. The van der Waals surface area contributed by atoms with Crippen molar-refractivity contribution in [2.24, 2.45) is 5.92 Å². The van der Waals surface area contributed by atoms with E-state index >= 15 is 0 Å². The van der Waals surface area contributed by atoms with E-state index in [2.05, 4.69) is 4.98 Å². The quantitative estimate of drug-likeness (QED) is 0.802. The highest BCUT2D eigenvalue weighted by Crippen LogP contribution is 2.22. The zero-order valence-electron chi connectivity index (χ0n) is 14.8. The van der Waals surface area contributed by atoms with Crippen molar-refractivity contribution in [3.8, 4) is 0 Å². The number of carboxylic acids is 1. The summed E-state index contributed by atoms with van der Waals surface area (Å²) in [7, 11) is 0. The number of pyridine rings is 1. The minimum absolute atomic E-state index is 0.0938. The predicted molar refractivity (Wildman–Crippen MR) is 97.3 cm³/mol. The fourth-order valence-corrected chi connectivity index (χ4v) is 3.21. The number of aromatic nitrogens is 1.